The number of carbonyl (C=O) groups excluding carboxylic acids is 1. The molecule has 2 aromatic carbocycles. The zero-order valence-electron chi connectivity index (χ0n) is 17.7. The Bertz CT molecular complexity index is 796. The summed E-state index contributed by atoms with van der Waals surface area (Å²) in [4.78, 5) is 14.7. The molecule has 3 atom stereocenters. The van der Waals surface area contributed by atoms with Gasteiger partial charge >= 0.3 is 6.03 Å². The highest BCUT2D eigenvalue weighted by atomic mass is 16.2. The van der Waals surface area contributed by atoms with Crippen LogP contribution in [-0.2, 0) is 0 Å². The van der Waals surface area contributed by atoms with E-state index < -0.39 is 0 Å². The molecule has 1 aliphatic heterocycles. The fourth-order valence-corrected chi connectivity index (χ4v) is 3.64. The third kappa shape index (κ3) is 6.97. The van der Waals surface area contributed by atoms with Gasteiger partial charge in [-0.2, -0.15) is 0 Å². The highest BCUT2D eigenvalue weighted by Crippen LogP contribution is 2.18. The Morgan fingerprint density at radius 1 is 1.10 bits per heavy atom. The van der Waals surface area contributed by atoms with Crippen LogP contribution in [0.5, 0.6) is 0 Å². The molecule has 7 nitrogen and oxygen atoms in total. The van der Waals surface area contributed by atoms with Gasteiger partial charge in [0.25, 0.3) is 0 Å². The summed E-state index contributed by atoms with van der Waals surface area (Å²) in [6.45, 7) is 4.21. The number of hydrogen-bond donors (Lipinski definition) is 5. The third-order valence-corrected chi connectivity index (χ3v) is 5.11. The first kappa shape index (κ1) is 21.5. The van der Waals surface area contributed by atoms with Crippen LogP contribution >= 0.6 is 0 Å². The van der Waals surface area contributed by atoms with Crippen molar-refractivity contribution in [3.63, 3.8) is 0 Å². The van der Waals surface area contributed by atoms with E-state index in [1.807, 2.05) is 36.4 Å². The topological polar surface area (TPSA) is 80.5 Å². The van der Waals surface area contributed by atoms with Gasteiger partial charge in [0, 0.05) is 11.7 Å². The van der Waals surface area contributed by atoms with E-state index in [9.17, 15) is 4.79 Å². The Kier molecular flexibility index (Phi) is 7.83. The van der Waals surface area contributed by atoms with E-state index in [-0.39, 0.29) is 18.5 Å². The predicted octanol–water partition coefficient (Wildman–Crippen LogP) is 2.47. The Balaban J connectivity index is 1.45. The van der Waals surface area contributed by atoms with Crippen LogP contribution in [0.4, 0.5) is 10.5 Å². The largest absolute Gasteiger partial charge is 0.321 e. The highest BCUT2D eigenvalue weighted by Gasteiger charge is 2.25. The van der Waals surface area contributed by atoms with Gasteiger partial charge in [-0.25, -0.2) is 4.79 Å². The fraction of sp³-hybridized carbons (Fsp3) is 0.500. The van der Waals surface area contributed by atoms with Crippen LogP contribution in [0, 0.1) is 0 Å². The molecule has 0 aromatic heterocycles. The number of nitrogens with zero attached hydrogens (tertiary/aromatic N) is 1. The molecule has 3 unspecified atom stereocenters. The van der Waals surface area contributed by atoms with Gasteiger partial charge in [0.15, 0.2) is 0 Å². The first-order valence-electron chi connectivity index (χ1n) is 10.5. The number of benzene rings is 2. The maximum atomic E-state index is 12.5. The molecule has 2 amide bonds. The molecular weight excluding hydrogens is 364 g/mol. The number of fused-ring (bicyclic) bond motifs is 1. The van der Waals surface area contributed by atoms with Gasteiger partial charge in [-0.3, -0.25) is 10.6 Å². The summed E-state index contributed by atoms with van der Waals surface area (Å²) in [6.07, 6.45) is 3.18. The standard InChI is InChI=1S/C22H34N6O/c1-16-14-20(23-12-6-7-13-28(2)3)26-21(24-16)27-22(29)25-19-11-10-17-8-4-5-9-18(17)15-19/h4-5,8-11,15-16,20-21,23-24,26H,6-7,12-14H2,1-3H3,(H2,25,27,29). The quantitative estimate of drug-likeness (QED) is 0.442. The van der Waals surface area contributed by atoms with Gasteiger partial charge in [-0.05, 0) is 76.3 Å². The molecule has 0 bridgehead atoms. The minimum atomic E-state index is -0.279. The normalized spacial score (nSPS) is 22.0. The van der Waals surface area contributed by atoms with Crippen LogP contribution < -0.4 is 26.6 Å². The molecule has 3 rings (SSSR count). The van der Waals surface area contributed by atoms with Crippen molar-refractivity contribution >= 4 is 22.5 Å². The Morgan fingerprint density at radius 2 is 1.90 bits per heavy atom. The Hall–Kier alpha value is -2.19. The summed E-state index contributed by atoms with van der Waals surface area (Å²) in [6, 6.07) is 14.1. The van der Waals surface area contributed by atoms with E-state index in [0.717, 1.165) is 42.4 Å². The minimum Gasteiger partial charge on any atom is -0.310 e. The van der Waals surface area contributed by atoms with E-state index >= 15 is 0 Å². The van der Waals surface area contributed by atoms with E-state index in [1.54, 1.807) is 0 Å². The van der Waals surface area contributed by atoms with Gasteiger partial charge in [0.1, 0.15) is 6.29 Å². The second kappa shape index (κ2) is 10.5. The number of hydrogen-bond acceptors (Lipinski definition) is 5. The molecule has 1 fully saturated rings. The summed E-state index contributed by atoms with van der Waals surface area (Å²) in [5, 5.41) is 18.5. The van der Waals surface area contributed by atoms with Crippen molar-refractivity contribution in [3.8, 4) is 0 Å². The SMILES string of the molecule is CC1CC(NCCCCN(C)C)NC(NC(=O)Nc2ccc3ccccc3c2)N1. The first-order valence-corrected chi connectivity index (χ1v) is 10.5. The average Bonchev–Trinajstić information content (AvgIpc) is 2.67. The highest BCUT2D eigenvalue weighted by molar-refractivity contribution is 5.93. The molecule has 1 heterocycles. The van der Waals surface area contributed by atoms with Gasteiger partial charge in [-0.1, -0.05) is 30.3 Å². The minimum absolute atomic E-state index is 0.177. The molecule has 7 heteroatoms. The average molecular weight is 399 g/mol. The lowest BCUT2D eigenvalue weighted by Crippen LogP contribution is -2.67. The smallest absolute Gasteiger partial charge is 0.310 e. The summed E-state index contributed by atoms with van der Waals surface area (Å²) < 4.78 is 0. The number of nitrogens with one attached hydrogen (secondary N) is 5. The fourth-order valence-electron chi connectivity index (χ4n) is 3.64. The van der Waals surface area contributed by atoms with E-state index in [0.29, 0.717) is 6.04 Å². The maximum Gasteiger partial charge on any atom is 0.321 e. The van der Waals surface area contributed by atoms with Crippen LogP contribution in [0.2, 0.25) is 0 Å². The predicted molar refractivity (Wildman–Crippen MR) is 120 cm³/mol. The molecule has 29 heavy (non-hydrogen) atoms. The summed E-state index contributed by atoms with van der Waals surface area (Å²) in [5.41, 5.74) is 0.778. The molecule has 0 radical (unpaired) electrons. The lowest BCUT2D eigenvalue weighted by molar-refractivity contribution is 0.193. The summed E-state index contributed by atoms with van der Waals surface area (Å²) in [5.74, 6) is 0. The van der Waals surface area contributed by atoms with Crippen LogP contribution in [-0.4, -0.2) is 56.6 Å². The summed E-state index contributed by atoms with van der Waals surface area (Å²) >= 11 is 0. The molecule has 158 valence electrons. The number of rotatable bonds is 8. The summed E-state index contributed by atoms with van der Waals surface area (Å²) in [7, 11) is 4.20. The zero-order chi connectivity index (χ0) is 20.6. The molecule has 2 aromatic rings. The van der Waals surface area contributed by atoms with Crippen LogP contribution in [0.15, 0.2) is 42.5 Å². The maximum absolute atomic E-state index is 12.5. The van der Waals surface area contributed by atoms with E-state index in [2.05, 4.69) is 58.6 Å². The van der Waals surface area contributed by atoms with Gasteiger partial charge in [-0.15, -0.1) is 0 Å². The van der Waals surface area contributed by atoms with Crippen LogP contribution in [0.1, 0.15) is 26.2 Å². The lowest BCUT2D eigenvalue weighted by Gasteiger charge is -2.37. The number of anilines is 1. The molecule has 5 N–H and O–H groups in total. The first-order chi connectivity index (χ1) is 14.0. The third-order valence-electron chi connectivity index (χ3n) is 5.11. The molecule has 1 aliphatic rings. The van der Waals surface area contributed by atoms with Crippen molar-refractivity contribution in [3.05, 3.63) is 42.5 Å². The molecule has 0 spiro atoms. The van der Waals surface area contributed by atoms with Crippen molar-refractivity contribution in [1.29, 1.82) is 0 Å². The number of unbranched alkanes of at least 4 members (excludes halogenated alkanes) is 1. The van der Waals surface area contributed by atoms with Gasteiger partial charge in [0.05, 0.1) is 6.17 Å². The lowest BCUT2D eigenvalue weighted by atomic mass is 10.1. The van der Waals surface area contributed by atoms with Crippen LogP contribution in [0.3, 0.4) is 0 Å². The molecule has 1 saturated heterocycles. The monoisotopic (exact) mass is 398 g/mol. The van der Waals surface area contributed by atoms with E-state index in [4.69, 9.17) is 0 Å². The van der Waals surface area contributed by atoms with E-state index in [1.165, 1.54) is 6.42 Å². The molecule has 0 saturated carbocycles. The molecule has 0 aliphatic carbocycles. The number of carbonyl (C=O) groups is 1. The van der Waals surface area contributed by atoms with Crippen molar-refractivity contribution in [2.45, 2.75) is 44.7 Å². The zero-order valence-corrected chi connectivity index (χ0v) is 17.7. The van der Waals surface area contributed by atoms with Crippen molar-refractivity contribution in [1.82, 2.24) is 26.2 Å². The van der Waals surface area contributed by atoms with Crippen molar-refractivity contribution in [2.24, 2.45) is 0 Å². The Morgan fingerprint density at radius 3 is 2.69 bits per heavy atom. The van der Waals surface area contributed by atoms with Crippen molar-refractivity contribution in [2.75, 3.05) is 32.5 Å². The van der Waals surface area contributed by atoms with Crippen molar-refractivity contribution < 1.29 is 4.79 Å². The second-order valence-corrected chi connectivity index (χ2v) is 8.08. The molecular formula is C22H34N6O. The number of amides is 2. The van der Waals surface area contributed by atoms with Gasteiger partial charge in [0.2, 0.25) is 0 Å². The second-order valence-electron chi connectivity index (χ2n) is 8.08. The number of urea groups is 1. The van der Waals surface area contributed by atoms with Gasteiger partial charge < -0.3 is 20.9 Å². The van der Waals surface area contributed by atoms with Crippen LogP contribution in [0.25, 0.3) is 10.8 Å². The Labute approximate surface area is 173 Å².